The van der Waals surface area contributed by atoms with Crippen molar-refractivity contribution < 1.29 is 9.59 Å². The second-order valence-electron chi connectivity index (χ2n) is 7.12. The maximum atomic E-state index is 12.5. The first-order chi connectivity index (χ1) is 12.1. The second kappa shape index (κ2) is 8.45. The lowest BCUT2D eigenvalue weighted by molar-refractivity contribution is -0.116. The number of carbonyl (C=O) groups excluding carboxylic acids is 2. The van der Waals surface area contributed by atoms with Gasteiger partial charge in [-0.3, -0.25) is 9.59 Å². The number of benzene rings is 1. The normalized spacial score (nSPS) is 21.3. The zero-order valence-corrected chi connectivity index (χ0v) is 15.0. The predicted molar refractivity (Wildman–Crippen MR) is 98.7 cm³/mol. The van der Waals surface area contributed by atoms with Crippen molar-refractivity contribution in [1.82, 2.24) is 15.1 Å². The van der Waals surface area contributed by atoms with E-state index in [1.165, 1.54) is 0 Å². The Morgan fingerprint density at radius 3 is 2.52 bits per heavy atom. The average molecular weight is 344 g/mol. The molecular weight excluding hydrogens is 316 g/mol. The van der Waals surface area contributed by atoms with Crippen LogP contribution in [0.15, 0.2) is 24.3 Å². The molecule has 2 amide bonds. The van der Waals surface area contributed by atoms with Crippen LogP contribution in [0, 0.1) is 5.92 Å². The van der Waals surface area contributed by atoms with Crippen LogP contribution in [0.5, 0.6) is 0 Å². The molecule has 6 nitrogen and oxygen atoms in total. The van der Waals surface area contributed by atoms with Crippen LogP contribution in [0.1, 0.15) is 29.6 Å². The molecule has 2 saturated heterocycles. The molecule has 1 aromatic rings. The lowest BCUT2D eigenvalue weighted by Crippen LogP contribution is -2.47. The Balaban J connectivity index is 1.47. The fourth-order valence-corrected chi connectivity index (χ4v) is 3.41. The van der Waals surface area contributed by atoms with Crippen molar-refractivity contribution >= 4 is 17.5 Å². The fraction of sp³-hybridized carbons (Fsp3) is 0.579. The number of hydrogen-bond donors (Lipinski definition) is 2. The van der Waals surface area contributed by atoms with Crippen LogP contribution in [0.3, 0.4) is 0 Å². The van der Waals surface area contributed by atoms with Gasteiger partial charge >= 0.3 is 0 Å². The van der Waals surface area contributed by atoms with Gasteiger partial charge in [-0.05, 0) is 63.2 Å². The molecular formula is C19H28N4O2. The van der Waals surface area contributed by atoms with E-state index in [0.29, 0.717) is 17.9 Å². The van der Waals surface area contributed by atoms with Gasteiger partial charge in [-0.1, -0.05) is 0 Å². The van der Waals surface area contributed by atoms with Crippen LogP contribution >= 0.6 is 0 Å². The molecule has 1 aromatic carbocycles. The van der Waals surface area contributed by atoms with Crippen LogP contribution in [0.2, 0.25) is 0 Å². The third-order valence-corrected chi connectivity index (χ3v) is 5.15. The summed E-state index contributed by atoms with van der Waals surface area (Å²) >= 11 is 0. The first-order valence-electron chi connectivity index (χ1n) is 9.20. The van der Waals surface area contributed by atoms with Crippen LogP contribution < -0.4 is 10.6 Å². The molecule has 0 aromatic heterocycles. The number of hydrogen-bond acceptors (Lipinski definition) is 4. The van der Waals surface area contributed by atoms with E-state index in [1.807, 2.05) is 17.0 Å². The predicted octanol–water partition coefficient (Wildman–Crippen LogP) is 1.40. The molecule has 25 heavy (non-hydrogen) atoms. The maximum absolute atomic E-state index is 12.5. The second-order valence-corrected chi connectivity index (χ2v) is 7.12. The van der Waals surface area contributed by atoms with Gasteiger partial charge in [0.1, 0.15) is 0 Å². The van der Waals surface area contributed by atoms with Gasteiger partial charge in [-0.15, -0.1) is 0 Å². The van der Waals surface area contributed by atoms with Gasteiger partial charge in [0.2, 0.25) is 5.91 Å². The van der Waals surface area contributed by atoms with E-state index in [1.54, 1.807) is 12.1 Å². The number of amides is 2. The summed E-state index contributed by atoms with van der Waals surface area (Å²) in [6.45, 7) is 5.45. The summed E-state index contributed by atoms with van der Waals surface area (Å²) in [6.07, 6.45) is 2.64. The van der Waals surface area contributed by atoms with E-state index >= 15 is 0 Å². The van der Waals surface area contributed by atoms with Crippen molar-refractivity contribution in [3.63, 3.8) is 0 Å². The number of nitrogens with one attached hydrogen (secondary N) is 2. The minimum atomic E-state index is 0.0463. The molecule has 2 aliphatic rings. The van der Waals surface area contributed by atoms with Crippen molar-refractivity contribution in [3.05, 3.63) is 29.8 Å². The summed E-state index contributed by atoms with van der Waals surface area (Å²) in [5.41, 5.74) is 1.43. The molecule has 2 N–H and O–H groups in total. The maximum Gasteiger partial charge on any atom is 0.253 e. The lowest BCUT2D eigenvalue weighted by Gasteiger charge is -2.32. The highest BCUT2D eigenvalue weighted by Crippen LogP contribution is 2.16. The Morgan fingerprint density at radius 2 is 1.88 bits per heavy atom. The van der Waals surface area contributed by atoms with Crippen molar-refractivity contribution in [2.45, 2.75) is 19.3 Å². The van der Waals surface area contributed by atoms with E-state index in [0.717, 1.165) is 57.8 Å². The van der Waals surface area contributed by atoms with Gasteiger partial charge in [-0.2, -0.15) is 0 Å². The molecule has 2 aliphatic heterocycles. The lowest BCUT2D eigenvalue weighted by atomic mass is 10.0. The van der Waals surface area contributed by atoms with E-state index in [-0.39, 0.29) is 11.8 Å². The molecule has 0 saturated carbocycles. The van der Waals surface area contributed by atoms with Crippen LogP contribution in [-0.4, -0.2) is 67.9 Å². The zero-order chi connectivity index (χ0) is 17.6. The topological polar surface area (TPSA) is 64.7 Å². The van der Waals surface area contributed by atoms with Crippen LogP contribution in [-0.2, 0) is 4.79 Å². The number of rotatable bonds is 5. The van der Waals surface area contributed by atoms with E-state index in [4.69, 9.17) is 0 Å². The van der Waals surface area contributed by atoms with Crippen molar-refractivity contribution in [2.24, 2.45) is 5.92 Å². The highest BCUT2D eigenvalue weighted by atomic mass is 16.2. The summed E-state index contributed by atoms with van der Waals surface area (Å²) in [7, 11) is 2.07. The summed E-state index contributed by atoms with van der Waals surface area (Å²) in [5.74, 6) is 0.735. The van der Waals surface area contributed by atoms with Gasteiger partial charge < -0.3 is 20.4 Å². The molecule has 0 aliphatic carbocycles. The Labute approximate surface area is 149 Å². The number of likely N-dealkylation sites (N-methyl/N-ethyl adjacent to an activating group) is 1. The van der Waals surface area contributed by atoms with Gasteiger partial charge in [0, 0.05) is 43.9 Å². The minimum absolute atomic E-state index is 0.0463. The number of carbonyl (C=O) groups is 2. The van der Waals surface area contributed by atoms with Crippen molar-refractivity contribution in [2.75, 3.05) is 51.6 Å². The van der Waals surface area contributed by atoms with E-state index < -0.39 is 0 Å². The molecule has 1 unspecified atom stereocenters. The molecule has 1 atom stereocenters. The Morgan fingerprint density at radius 1 is 1.16 bits per heavy atom. The molecule has 6 heteroatoms. The number of piperazine rings is 1. The molecule has 136 valence electrons. The number of nitrogens with zero attached hydrogens (tertiary/aromatic N) is 2. The first-order valence-corrected chi connectivity index (χ1v) is 9.20. The van der Waals surface area contributed by atoms with Gasteiger partial charge in [0.05, 0.1) is 0 Å². The first kappa shape index (κ1) is 17.9. The quantitative estimate of drug-likeness (QED) is 0.848. The molecule has 0 spiro atoms. The zero-order valence-electron chi connectivity index (χ0n) is 15.0. The summed E-state index contributed by atoms with van der Waals surface area (Å²) in [6, 6.07) is 7.24. The summed E-state index contributed by atoms with van der Waals surface area (Å²) in [5, 5.41) is 6.25. The Hall–Kier alpha value is -1.92. The van der Waals surface area contributed by atoms with Crippen molar-refractivity contribution in [3.8, 4) is 0 Å². The highest BCUT2D eigenvalue weighted by molar-refractivity contribution is 5.95. The van der Waals surface area contributed by atoms with Gasteiger partial charge in [-0.25, -0.2) is 0 Å². The minimum Gasteiger partial charge on any atom is -0.336 e. The number of anilines is 1. The third-order valence-electron chi connectivity index (χ3n) is 5.15. The molecule has 3 rings (SSSR count). The standard InChI is InChI=1S/C19H28N4O2/c1-22-10-12-23(13-11-22)19(25)16-3-5-17(6-4-16)21-18(24)7-2-15-8-9-20-14-15/h3-6,15,20H,2,7-14H2,1H3,(H,21,24). The Kier molecular flexibility index (Phi) is 6.04. The molecule has 2 fully saturated rings. The van der Waals surface area contributed by atoms with Crippen LogP contribution in [0.25, 0.3) is 0 Å². The monoisotopic (exact) mass is 344 g/mol. The summed E-state index contributed by atoms with van der Waals surface area (Å²) < 4.78 is 0. The summed E-state index contributed by atoms with van der Waals surface area (Å²) in [4.78, 5) is 28.7. The van der Waals surface area contributed by atoms with E-state index in [2.05, 4.69) is 22.6 Å². The smallest absolute Gasteiger partial charge is 0.253 e. The third kappa shape index (κ3) is 5.03. The SMILES string of the molecule is CN1CCN(C(=O)c2ccc(NC(=O)CCC3CCNC3)cc2)CC1. The van der Waals surface area contributed by atoms with E-state index in [9.17, 15) is 9.59 Å². The molecule has 2 heterocycles. The van der Waals surface area contributed by atoms with Crippen LogP contribution in [0.4, 0.5) is 5.69 Å². The molecule has 0 bridgehead atoms. The van der Waals surface area contributed by atoms with Crippen molar-refractivity contribution in [1.29, 1.82) is 0 Å². The highest BCUT2D eigenvalue weighted by Gasteiger charge is 2.20. The fourth-order valence-electron chi connectivity index (χ4n) is 3.41. The molecule has 0 radical (unpaired) electrons. The average Bonchev–Trinajstić information content (AvgIpc) is 3.14. The Bertz CT molecular complexity index is 588. The van der Waals surface area contributed by atoms with Gasteiger partial charge in [0.25, 0.3) is 5.91 Å². The largest absolute Gasteiger partial charge is 0.336 e. The van der Waals surface area contributed by atoms with Gasteiger partial charge in [0.15, 0.2) is 0 Å².